The topological polar surface area (TPSA) is 101 Å². The van der Waals surface area contributed by atoms with Crippen LogP contribution < -0.4 is 5.32 Å². The third-order valence-electron chi connectivity index (χ3n) is 2.83. The summed E-state index contributed by atoms with van der Waals surface area (Å²) in [5.41, 5.74) is -0.709. The molecule has 0 aliphatic carbocycles. The second-order valence-corrected chi connectivity index (χ2v) is 4.42. The smallest absolute Gasteiger partial charge is 0.305 e. The molecule has 1 unspecified atom stereocenters. The van der Waals surface area contributed by atoms with Gasteiger partial charge < -0.3 is 10.1 Å². The van der Waals surface area contributed by atoms with Crippen molar-refractivity contribution >= 4 is 11.5 Å². The van der Waals surface area contributed by atoms with Crippen molar-refractivity contribution < 1.29 is 9.66 Å². The van der Waals surface area contributed by atoms with Gasteiger partial charge in [0.2, 0.25) is 5.69 Å². The second kappa shape index (κ2) is 4.58. The van der Waals surface area contributed by atoms with Crippen molar-refractivity contribution in [1.82, 2.24) is 4.98 Å². The Balaban J connectivity index is 2.25. The van der Waals surface area contributed by atoms with Crippen LogP contribution in [0.4, 0.5) is 11.5 Å². The lowest BCUT2D eigenvalue weighted by Gasteiger charge is -2.24. The molecule has 7 heteroatoms. The molecular formula is C11H12N4O3. The van der Waals surface area contributed by atoms with Gasteiger partial charge in [-0.15, -0.1) is 0 Å². The average molecular weight is 248 g/mol. The van der Waals surface area contributed by atoms with Gasteiger partial charge in [0.15, 0.2) is 0 Å². The van der Waals surface area contributed by atoms with E-state index in [0.29, 0.717) is 19.0 Å². The number of nitriles is 1. The molecule has 0 spiro atoms. The molecule has 2 rings (SSSR count). The van der Waals surface area contributed by atoms with Gasteiger partial charge in [0.05, 0.1) is 17.1 Å². The number of pyridine rings is 1. The Kier molecular flexibility index (Phi) is 3.12. The van der Waals surface area contributed by atoms with Crippen molar-refractivity contribution in [2.24, 2.45) is 0 Å². The fraction of sp³-hybridized carbons (Fsp3) is 0.455. The Hall–Kier alpha value is -2.20. The molecule has 0 radical (unpaired) electrons. The van der Waals surface area contributed by atoms with Crippen molar-refractivity contribution in [1.29, 1.82) is 5.26 Å². The van der Waals surface area contributed by atoms with Crippen LogP contribution in [0.25, 0.3) is 0 Å². The van der Waals surface area contributed by atoms with Crippen LogP contribution in [0.15, 0.2) is 12.1 Å². The van der Waals surface area contributed by atoms with Crippen LogP contribution in [0.3, 0.4) is 0 Å². The van der Waals surface area contributed by atoms with Gasteiger partial charge in [-0.05, 0) is 19.4 Å². The van der Waals surface area contributed by atoms with E-state index in [2.05, 4.69) is 10.3 Å². The molecule has 1 aliphatic heterocycles. The molecule has 7 nitrogen and oxygen atoms in total. The van der Waals surface area contributed by atoms with E-state index in [0.717, 1.165) is 6.42 Å². The lowest BCUT2D eigenvalue weighted by molar-refractivity contribution is -0.385. The second-order valence-electron chi connectivity index (χ2n) is 4.42. The number of nitro groups is 1. The highest BCUT2D eigenvalue weighted by Gasteiger charge is 2.30. The van der Waals surface area contributed by atoms with Gasteiger partial charge in [0.1, 0.15) is 11.9 Å². The zero-order valence-corrected chi connectivity index (χ0v) is 9.84. The third kappa shape index (κ3) is 2.38. The molecule has 1 aromatic rings. The van der Waals surface area contributed by atoms with Crippen LogP contribution in [0, 0.1) is 21.4 Å². The maximum absolute atomic E-state index is 10.7. The normalized spacial score (nSPS) is 22.4. The molecule has 94 valence electrons. The fourth-order valence-electron chi connectivity index (χ4n) is 1.83. The number of ether oxygens (including phenoxy) is 1. The molecule has 0 aromatic carbocycles. The summed E-state index contributed by atoms with van der Waals surface area (Å²) in [5.74, 6) is 0.449. The van der Waals surface area contributed by atoms with Crippen molar-refractivity contribution in [2.45, 2.75) is 18.9 Å². The lowest BCUT2D eigenvalue weighted by atomic mass is 10.0. The van der Waals surface area contributed by atoms with E-state index in [-0.39, 0.29) is 16.9 Å². The summed E-state index contributed by atoms with van der Waals surface area (Å²) in [5, 5.41) is 22.7. The average Bonchev–Trinajstić information content (AvgIpc) is 2.75. The monoisotopic (exact) mass is 248 g/mol. The number of aromatic nitrogens is 1. The van der Waals surface area contributed by atoms with Crippen molar-refractivity contribution in [2.75, 3.05) is 18.5 Å². The van der Waals surface area contributed by atoms with Crippen molar-refractivity contribution in [3.63, 3.8) is 0 Å². The number of rotatable bonds is 3. The molecule has 0 bridgehead atoms. The van der Waals surface area contributed by atoms with Crippen LogP contribution in [0.5, 0.6) is 0 Å². The molecule has 1 aliphatic rings. The van der Waals surface area contributed by atoms with Crippen LogP contribution in [-0.4, -0.2) is 28.7 Å². The summed E-state index contributed by atoms with van der Waals surface area (Å²) in [4.78, 5) is 14.0. The zero-order chi connectivity index (χ0) is 13.2. The predicted molar refractivity (Wildman–Crippen MR) is 63.1 cm³/mol. The first-order chi connectivity index (χ1) is 8.54. The van der Waals surface area contributed by atoms with Gasteiger partial charge in [-0.2, -0.15) is 5.26 Å². The Bertz CT molecular complexity index is 518. The molecule has 1 saturated heterocycles. The SMILES string of the molecule is CC1(Nc2ccc([N+](=O)[O-])c(C#N)n2)CCOC1. The summed E-state index contributed by atoms with van der Waals surface area (Å²) in [6.45, 7) is 3.20. The molecule has 1 aromatic heterocycles. The Morgan fingerprint density at radius 1 is 1.67 bits per heavy atom. The molecule has 18 heavy (non-hydrogen) atoms. The summed E-state index contributed by atoms with van der Waals surface area (Å²) < 4.78 is 5.29. The molecule has 1 fully saturated rings. The number of nitrogens with zero attached hydrogens (tertiary/aromatic N) is 3. The van der Waals surface area contributed by atoms with E-state index < -0.39 is 4.92 Å². The predicted octanol–water partition coefficient (Wildman–Crippen LogP) is 1.45. The number of hydrogen-bond acceptors (Lipinski definition) is 6. The Labute approximate surface area is 104 Å². The third-order valence-corrected chi connectivity index (χ3v) is 2.83. The van der Waals surface area contributed by atoms with E-state index in [1.807, 2.05) is 6.92 Å². The highest BCUT2D eigenvalue weighted by molar-refractivity contribution is 5.51. The van der Waals surface area contributed by atoms with Gasteiger partial charge in [0.25, 0.3) is 0 Å². The summed E-state index contributed by atoms with van der Waals surface area (Å²) >= 11 is 0. The summed E-state index contributed by atoms with van der Waals surface area (Å²) in [6.07, 6.45) is 0.827. The quantitative estimate of drug-likeness (QED) is 0.641. The lowest BCUT2D eigenvalue weighted by Crippen LogP contribution is -2.35. The molecule has 0 saturated carbocycles. The van der Waals surface area contributed by atoms with Gasteiger partial charge in [0, 0.05) is 12.7 Å². The van der Waals surface area contributed by atoms with E-state index in [1.54, 1.807) is 6.07 Å². The van der Waals surface area contributed by atoms with Gasteiger partial charge in [-0.1, -0.05) is 0 Å². The van der Waals surface area contributed by atoms with E-state index >= 15 is 0 Å². The molecule has 1 N–H and O–H groups in total. The maximum atomic E-state index is 10.7. The van der Waals surface area contributed by atoms with Crippen molar-refractivity contribution in [3.05, 3.63) is 27.9 Å². The summed E-state index contributed by atoms with van der Waals surface area (Å²) in [6, 6.07) is 4.52. The first kappa shape index (κ1) is 12.3. The standard InChI is InChI=1S/C11H12N4O3/c1-11(4-5-18-7-11)14-10-3-2-9(15(16)17)8(6-12)13-10/h2-3H,4-5,7H2,1H3,(H,13,14). The minimum atomic E-state index is -0.615. The Morgan fingerprint density at radius 2 is 2.44 bits per heavy atom. The summed E-state index contributed by atoms with van der Waals surface area (Å²) in [7, 11) is 0. The molecule has 0 amide bonds. The van der Waals surface area contributed by atoms with E-state index in [1.165, 1.54) is 12.1 Å². The van der Waals surface area contributed by atoms with Crippen LogP contribution in [0.2, 0.25) is 0 Å². The molecule has 1 atom stereocenters. The maximum Gasteiger partial charge on any atom is 0.305 e. The Morgan fingerprint density at radius 3 is 3.00 bits per heavy atom. The number of nitrogens with one attached hydrogen (secondary N) is 1. The first-order valence-corrected chi connectivity index (χ1v) is 5.45. The van der Waals surface area contributed by atoms with Gasteiger partial charge >= 0.3 is 5.69 Å². The van der Waals surface area contributed by atoms with Crippen LogP contribution >= 0.6 is 0 Å². The number of anilines is 1. The highest BCUT2D eigenvalue weighted by atomic mass is 16.6. The largest absolute Gasteiger partial charge is 0.379 e. The minimum Gasteiger partial charge on any atom is -0.379 e. The van der Waals surface area contributed by atoms with E-state index in [9.17, 15) is 10.1 Å². The van der Waals surface area contributed by atoms with Crippen LogP contribution in [0.1, 0.15) is 19.0 Å². The fourth-order valence-corrected chi connectivity index (χ4v) is 1.83. The minimum absolute atomic E-state index is 0.187. The highest BCUT2D eigenvalue weighted by Crippen LogP contribution is 2.25. The van der Waals surface area contributed by atoms with E-state index in [4.69, 9.17) is 10.00 Å². The van der Waals surface area contributed by atoms with Crippen LogP contribution in [-0.2, 0) is 4.74 Å². The zero-order valence-electron chi connectivity index (χ0n) is 9.84. The van der Waals surface area contributed by atoms with Gasteiger partial charge in [-0.25, -0.2) is 4.98 Å². The van der Waals surface area contributed by atoms with Gasteiger partial charge in [-0.3, -0.25) is 10.1 Å². The molecular weight excluding hydrogens is 236 g/mol. The first-order valence-electron chi connectivity index (χ1n) is 5.45. The molecule has 2 heterocycles. The number of hydrogen-bond donors (Lipinski definition) is 1. The van der Waals surface area contributed by atoms with Crippen molar-refractivity contribution in [3.8, 4) is 6.07 Å².